The zero-order valence-corrected chi connectivity index (χ0v) is 10.3. The van der Waals surface area contributed by atoms with E-state index in [0.717, 1.165) is 19.3 Å². The molecule has 4 atom stereocenters. The molecule has 0 radical (unpaired) electrons. The summed E-state index contributed by atoms with van der Waals surface area (Å²) >= 11 is 0. The van der Waals surface area contributed by atoms with Crippen molar-refractivity contribution in [1.29, 1.82) is 0 Å². The van der Waals surface area contributed by atoms with Crippen molar-refractivity contribution in [2.24, 2.45) is 29.2 Å². The van der Waals surface area contributed by atoms with Gasteiger partial charge in [-0.3, -0.25) is 9.59 Å². The normalized spacial score (nSPS) is 34.9. The van der Waals surface area contributed by atoms with Gasteiger partial charge in [-0.2, -0.15) is 0 Å². The van der Waals surface area contributed by atoms with E-state index >= 15 is 0 Å². The Morgan fingerprint density at radius 3 is 2.41 bits per heavy atom. The zero-order chi connectivity index (χ0) is 12.6. The van der Waals surface area contributed by atoms with Crippen LogP contribution in [0.2, 0.25) is 0 Å². The van der Waals surface area contributed by atoms with E-state index in [0.29, 0.717) is 18.4 Å². The second-order valence-electron chi connectivity index (χ2n) is 5.26. The molecule has 0 saturated heterocycles. The average molecular weight is 239 g/mol. The number of amides is 2. The Balaban J connectivity index is 2.06. The molecule has 5 heteroatoms. The minimum Gasteiger partial charge on any atom is -0.368 e. The molecule has 2 amide bonds. The van der Waals surface area contributed by atoms with E-state index in [-0.39, 0.29) is 24.4 Å². The SMILES string of the molecule is CCN(CC(N)=O)C(=O)C1C2CCC(C2)C1N. The second-order valence-corrected chi connectivity index (χ2v) is 5.26. The van der Waals surface area contributed by atoms with E-state index in [1.165, 1.54) is 4.90 Å². The van der Waals surface area contributed by atoms with Gasteiger partial charge >= 0.3 is 0 Å². The summed E-state index contributed by atoms with van der Waals surface area (Å²) in [4.78, 5) is 24.8. The number of rotatable bonds is 4. The highest BCUT2D eigenvalue weighted by atomic mass is 16.2. The first-order valence-corrected chi connectivity index (χ1v) is 6.37. The molecule has 0 heterocycles. The minimum atomic E-state index is -0.461. The summed E-state index contributed by atoms with van der Waals surface area (Å²) in [6.45, 7) is 2.39. The van der Waals surface area contributed by atoms with Gasteiger partial charge in [0.15, 0.2) is 0 Å². The van der Waals surface area contributed by atoms with Crippen LogP contribution in [0.15, 0.2) is 0 Å². The van der Waals surface area contributed by atoms with Crippen LogP contribution < -0.4 is 11.5 Å². The van der Waals surface area contributed by atoms with Crippen LogP contribution in [0.1, 0.15) is 26.2 Å². The number of nitrogens with two attached hydrogens (primary N) is 2. The number of hydrogen-bond donors (Lipinski definition) is 2. The van der Waals surface area contributed by atoms with E-state index in [1.54, 1.807) is 0 Å². The standard InChI is InChI=1S/C12H21N3O2/c1-2-15(6-9(13)16)12(17)10-7-3-4-8(5-7)11(10)14/h7-8,10-11H,2-6,14H2,1H3,(H2,13,16). The number of hydrogen-bond acceptors (Lipinski definition) is 3. The van der Waals surface area contributed by atoms with E-state index < -0.39 is 5.91 Å². The Kier molecular flexibility index (Phi) is 3.38. The van der Waals surface area contributed by atoms with Gasteiger partial charge in [0.2, 0.25) is 11.8 Å². The van der Waals surface area contributed by atoms with Gasteiger partial charge < -0.3 is 16.4 Å². The smallest absolute Gasteiger partial charge is 0.237 e. The van der Waals surface area contributed by atoms with Crippen LogP contribution in [0, 0.1) is 17.8 Å². The number of carbonyl (C=O) groups excluding carboxylic acids is 2. The molecule has 5 nitrogen and oxygen atoms in total. The molecule has 4 N–H and O–H groups in total. The van der Waals surface area contributed by atoms with Crippen LogP contribution in [0.3, 0.4) is 0 Å². The molecule has 2 saturated carbocycles. The number of nitrogens with zero attached hydrogens (tertiary/aromatic N) is 1. The molecular formula is C12H21N3O2. The second kappa shape index (κ2) is 4.64. The average Bonchev–Trinajstić information content (AvgIpc) is 2.85. The maximum Gasteiger partial charge on any atom is 0.237 e. The van der Waals surface area contributed by atoms with Crippen LogP contribution >= 0.6 is 0 Å². The van der Waals surface area contributed by atoms with Crippen LogP contribution in [0.4, 0.5) is 0 Å². The summed E-state index contributed by atoms with van der Waals surface area (Å²) in [7, 11) is 0. The van der Waals surface area contributed by atoms with E-state index in [4.69, 9.17) is 11.5 Å². The Bertz CT molecular complexity index is 330. The minimum absolute atomic E-state index is 0.00986. The highest BCUT2D eigenvalue weighted by molar-refractivity contribution is 5.86. The summed E-state index contributed by atoms with van der Waals surface area (Å²) in [5.74, 6) is 0.390. The fourth-order valence-electron chi connectivity index (χ4n) is 3.45. The Morgan fingerprint density at radius 2 is 1.94 bits per heavy atom. The first-order valence-electron chi connectivity index (χ1n) is 6.37. The lowest BCUT2D eigenvalue weighted by atomic mass is 9.84. The molecule has 2 aliphatic carbocycles. The molecule has 2 bridgehead atoms. The molecule has 96 valence electrons. The van der Waals surface area contributed by atoms with Gasteiger partial charge in [0.25, 0.3) is 0 Å². The molecule has 2 fully saturated rings. The van der Waals surface area contributed by atoms with Crippen LogP contribution in [-0.4, -0.2) is 35.8 Å². The van der Waals surface area contributed by atoms with Crippen molar-refractivity contribution in [3.05, 3.63) is 0 Å². The summed E-state index contributed by atoms with van der Waals surface area (Å²) in [6, 6.07) is -0.0248. The summed E-state index contributed by atoms with van der Waals surface area (Å²) in [6.07, 6.45) is 3.33. The molecule has 0 aromatic heterocycles. The summed E-state index contributed by atoms with van der Waals surface area (Å²) < 4.78 is 0. The fourth-order valence-corrected chi connectivity index (χ4v) is 3.45. The van der Waals surface area contributed by atoms with Crippen LogP contribution in [-0.2, 0) is 9.59 Å². The van der Waals surface area contributed by atoms with Gasteiger partial charge in [-0.15, -0.1) is 0 Å². The Hall–Kier alpha value is -1.10. The Morgan fingerprint density at radius 1 is 1.29 bits per heavy atom. The van der Waals surface area contributed by atoms with Crippen molar-refractivity contribution < 1.29 is 9.59 Å². The van der Waals surface area contributed by atoms with E-state index in [1.807, 2.05) is 6.92 Å². The zero-order valence-electron chi connectivity index (χ0n) is 10.3. The quantitative estimate of drug-likeness (QED) is 0.705. The number of primary amides is 1. The van der Waals surface area contributed by atoms with Crippen molar-refractivity contribution in [3.63, 3.8) is 0 Å². The largest absolute Gasteiger partial charge is 0.368 e. The number of likely N-dealkylation sites (N-methyl/N-ethyl adjacent to an activating group) is 1. The molecule has 4 unspecified atom stereocenters. The van der Waals surface area contributed by atoms with Gasteiger partial charge in [-0.05, 0) is 38.0 Å². The maximum absolute atomic E-state index is 12.4. The molecular weight excluding hydrogens is 218 g/mol. The van der Waals surface area contributed by atoms with Crippen molar-refractivity contribution in [2.75, 3.05) is 13.1 Å². The molecule has 17 heavy (non-hydrogen) atoms. The van der Waals surface area contributed by atoms with Crippen molar-refractivity contribution in [3.8, 4) is 0 Å². The highest BCUT2D eigenvalue weighted by Crippen LogP contribution is 2.48. The molecule has 0 aromatic carbocycles. The lowest BCUT2D eigenvalue weighted by molar-refractivity contribution is -0.140. The maximum atomic E-state index is 12.4. The predicted molar refractivity (Wildman–Crippen MR) is 63.7 cm³/mol. The lowest BCUT2D eigenvalue weighted by Gasteiger charge is -2.31. The molecule has 0 aromatic rings. The van der Waals surface area contributed by atoms with Crippen LogP contribution in [0.25, 0.3) is 0 Å². The van der Waals surface area contributed by atoms with Crippen molar-refractivity contribution in [1.82, 2.24) is 4.90 Å². The first-order chi connectivity index (χ1) is 8.04. The lowest BCUT2D eigenvalue weighted by Crippen LogP contribution is -2.49. The monoisotopic (exact) mass is 239 g/mol. The van der Waals surface area contributed by atoms with Crippen LogP contribution in [0.5, 0.6) is 0 Å². The van der Waals surface area contributed by atoms with Crippen molar-refractivity contribution in [2.45, 2.75) is 32.2 Å². The van der Waals surface area contributed by atoms with Gasteiger partial charge in [-0.25, -0.2) is 0 Å². The van der Waals surface area contributed by atoms with E-state index in [9.17, 15) is 9.59 Å². The molecule has 0 spiro atoms. The third-order valence-electron chi connectivity index (χ3n) is 4.31. The summed E-state index contributed by atoms with van der Waals surface area (Å²) in [5.41, 5.74) is 11.3. The number of carbonyl (C=O) groups is 2. The third kappa shape index (κ3) is 2.16. The Labute approximate surface area is 102 Å². The van der Waals surface area contributed by atoms with Gasteiger partial charge in [0, 0.05) is 12.6 Å². The number of fused-ring (bicyclic) bond motifs is 2. The highest BCUT2D eigenvalue weighted by Gasteiger charge is 2.50. The molecule has 2 rings (SSSR count). The van der Waals surface area contributed by atoms with E-state index in [2.05, 4.69) is 0 Å². The molecule has 0 aliphatic heterocycles. The van der Waals surface area contributed by atoms with Gasteiger partial charge in [0.1, 0.15) is 0 Å². The summed E-state index contributed by atoms with van der Waals surface area (Å²) in [5, 5.41) is 0. The van der Waals surface area contributed by atoms with Gasteiger partial charge in [0.05, 0.1) is 12.5 Å². The topological polar surface area (TPSA) is 89.4 Å². The fraction of sp³-hybridized carbons (Fsp3) is 0.833. The molecule has 2 aliphatic rings. The first kappa shape index (κ1) is 12.4. The van der Waals surface area contributed by atoms with Gasteiger partial charge in [-0.1, -0.05) is 0 Å². The third-order valence-corrected chi connectivity index (χ3v) is 4.31. The van der Waals surface area contributed by atoms with Crippen molar-refractivity contribution >= 4 is 11.8 Å². The predicted octanol–water partition coefficient (Wildman–Crippen LogP) is -0.306.